The number of aromatic nitrogens is 1. The third-order valence-electron chi connectivity index (χ3n) is 2.79. The third-order valence-corrected chi connectivity index (χ3v) is 2.79. The fraction of sp³-hybridized carbons (Fsp3) is 0.273. The van der Waals surface area contributed by atoms with Gasteiger partial charge in [0.2, 0.25) is 0 Å². The molecule has 14 heavy (non-hydrogen) atoms. The van der Waals surface area contributed by atoms with Gasteiger partial charge in [-0.15, -0.1) is 0 Å². The number of para-hydroxylation sites is 1. The molecule has 3 heteroatoms. The third kappa shape index (κ3) is 0.960. The van der Waals surface area contributed by atoms with Gasteiger partial charge in [0.05, 0.1) is 30.5 Å². The highest BCUT2D eigenvalue weighted by Crippen LogP contribution is 2.28. The summed E-state index contributed by atoms with van der Waals surface area (Å²) in [6.45, 7) is 1.61. The Morgan fingerprint density at radius 2 is 2.14 bits per heavy atom. The lowest BCUT2D eigenvalue weighted by Gasteiger charge is -2.28. The summed E-state index contributed by atoms with van der Waals surface area (Å²) in [6, 6.07) is 8.58. The molecule has 1 saturated heterocycles. The van der Waals surface area contributed by atoms with Crippen LogP contribution in [0.4, 0.5) is 5.69 Å². The number of ether oxygens (including phenoxy) is 1. The zero-order valence-electron chi connectivity index (χ0n) is 7.81. The number of hydrogen-bond acceptors (Lipinski definition) is 2. The zero-order chi connectivity index (χ0) is 9.54. The van der Waals surface area contributed by atoms with E-state index in [0.717, 1.165) is 24.4 Å². The van der Waals surface area contributed by atoms with Crippen molar-refractivity contribution in [1.82, 2.24) is 4.57 Å². The van der Waals surface area contributed by atoms with Crippen LogP contribution in [0.1, 0.15) is 6.04 Å². The lowest BCUT2D eigenvalue weighted by molar-refractivity contribution is -0.0213. The first-order valence-electron chi connectivity index (χ1n) is 4.79. The normalized spacial score (nSPS) is 17.1. The van der Waals surface area contributed by atoms with E-state index >= 15 is 0 Å². The Hall–Kier alpha value is -1.48. The Morgan fingerprint density at radius 3 is 2.86 bits per heavy atom. The first-order chi connectivity index (χ1) is 6.86. The summed E-state index contributed by atoms with van der Waals surface area (Å²) in [6.07, 6.45) is 2.09. The molecule has 0 amide bonds. The van der Waals surface area contributed by atoms with Gasteiger partial charge in [0, 0.05) is 11.6 Å². The van der Waals surface area contributed by atoms with Crippen LogP contribution in [0.2, 0.25) is 0 Å². The standard InChI is InChI=1S/C11H12N2O/c12-10-3-1-2-8-4-5-13(11(8)10)9-6-14-7-9/h1-5,9H,6-7,12H2. The molecule has 0 aliphatic carbocycles. The van der Waals surface area contributed by atoms with Gasteiger partial charge in [0.15, 0.2) is 0 Å². The summed E-state index contributed by atoms with van der Waals surface area (Å²) >= 11 is 0. The van der Waals surface area contributed by atoms with Crippen molar-refractivity contribution in [3.8, 4) is 0 Å². The van der Waals surface area contributed by atoms with Gasteiger partial charge in [-0.05, 0) is 12.1 Å². The smallest absolute Gasteiger partial charge is 0.0804 e. The van der Waals surface area contributed by atoms with Gasteiger partial charge in [0.25, 0.3) is 0 Å². The second kappa shape index (κ2) is 2.75. The summed E-state index contributed by atoms with van der Waals surface area (Å²) in [5, 5.41) is 1.21. The lowest BCUT2D eigenvalue weighted by Crippen LogP contribution is -2.30. The predicted octanol–water partition coefficient (Wildman–Crippen LogP) is 1.79. The molecule has 0 spiro atoms. The molecule has 2 heterocycles. The summed E-state index contributed by atoms with van der Waals surface area (Å²) in [5.41, 5.74) is 7.94. The van der Waals surface area contributed by atoms with Crippen LogP contribution in [0.15, 0.2) is 30.5 Å². The molecule has 72 valence electrons. The monoisotopic (exact) mass is 188 g/mol. The Morgan fingerprint density at radius 1 is 1.29 bits per heavy atom. The van der Waals surface area contributed by atoms with E-state index in [1.165, 1.54) is 5.39 Å². The van der Waals surface area contributed by atoms with Crippen molar-refractivity contribution in [3.05, 3.63) is 30.5 Å². The minimum Gasteiger partial charge on any atom is -0.397 e. The zero-order valence-corrected chi connectivity index (χ0v) is 7.81. The number of fused-ring (bicyclic) bond motifs is 1. The predicted molar refractivity (Wildman–Crippen MR) is 56.2 cm³/mol. The average molecular weight is 188 g/mol. The van der Waals surface area contributed by atoms with Crippen molar-refractivity contribution >= 4 is 16.6 Å². The molecule has 3 rings (SSSR count). The molecule has 1 aliphatic rings. The molecule has 0 atom stereocenters. The van der Waals surface area contributed by atoms with E-state index in [4.69, 9.17) is 10.5 Å². The van der Waals surface area contributed by atoms with Gasteiger partial charge >= 0.3 is 0 Å². The highest BCUT2D eigenvalue weighted by Gasteiger charge is 2.21. The van der Waals surface area contributed by atoms with E-state index in [2.05, 4.69) is 22.9 Å². The van der Waals surface area contributed by atoms with Crippen LogP contribution in [0.25, 0.3) is 10.9 Å². The summed E-state index contributed by atoms with van der Waals surface area (Å²) in [4.78, 5) is 0. The second-order valence-electron chi connectivity index (χ2n) is 3.70. The van der Waals surface area contributed by atoms with Gasteiger partial charge in [-0.3, -0.25) is 0 Å². The van der Waals surface area contributed by atoms with Crippen LogP contribution >= 0.6 is 0 Å². The summed E-state index contributed by atoms with van der Waals surface area (Å²) in [5.74, 6) is 0. The van der Waals surface area contributed by atoms with E-state index < -0.39 is 0 Å². The van der Waals surface area contributed by atoms with E-state index in [1.807, 2.05) is 12.1 Å². The number of rotatable bonds is 1. The minimum atomic E-state index is 0.470. The molecule has 0 unspecified atom stereocenters. The van der Waals surface area contributed by atoms with Crippen molar-refractivity contribution in [3.63, 3.8) is 0 Å². The maximum Gasteiger partial charge on any atom is 0.0804 e. The fourth-order valence-corrected chi connectivity index (χ4v) is 1.94. The highest BCUT2D eigenvalue weighted by molar-refractivity contribution is 5.90. The van der Waals surface area contributed by atoms with Crippen LogP contribution in [-0.4, -0.2) is 17.8 Å². The van der Waals surface area contributed by atoms with Crippen LogP contribution < -0.4 is 5.73 Å². The number of anilines is 1. The molecule has 0 saturated carbocycles. The van der Waals surface area contributed by atoms with Crippen LogP contribution in [0.5, 0.6) is 0 Å². The Bertz CT molecular complexity index is 471. The lowest BCUT2D eigenvalue weighted by atomic mass is 10.2. The maximum atomic E-state index is 5.96. The van der Waals surface area contributed by atoms with Crippen molar-refractivity contribution < 1.29 is 4.74 Å². The SMILES string of the molecule is Nc1cccc2ccn(C3COC3)c12. The first-order valence-corrected chi connectivity index (χ1v) is 4.79. The molecular weight excluding hydrogens is 176 g/mol. The van der Waals surface area contributed by atoms with Crippen molar-refractivity contribution in [2.45, 2.75) is 6.04 Å². The molecule has 2 N–H and O–H groups in total. The largest absolute Gasteiger partial charge is 0.397 e. The minimum absolute atomic E-state index is 0.470. The Balaban J connectivity index is 2.23. The van der Waals surface area contributed by atoms with Gasteiger partial charge in [-0.25, -0.2) is 0 Å². The van der Waals surface area contributed by atoms with E-state index in [1.54, 1.807) is 0 Å². The van der Waals surface area contributed by atoms with Crippen molar-refractivity contribution in [2.75, 3.05) is 18.9 Å². The quantitative estimate of drug-likeness (QED) is 0.693. The van der Waals surface area contributed by atoms with Crippen LogP contribution in [0, 0.1) is 0 Å². The molecule has 3 nitrogen and oxygen atoms in total. The van der Waals surface area contributed by atoms with Crippen LogP contribution in [-0.2, 0) is 4.74 Å². The molecule has 1 aliphatic heterocycles. The number of hydrogen-bond donors (Lipinski definition) is 1. The second-order valence-corrected chi connectivity index (χ2v) is 3.70. The summed E-state index contributed by atoms with van der Waals surface area (Å²) in [7, 11) is 0. The average Bonchev–Trinajstić information content (AvgIpc) is 2.47. The van der Waals surface area contributed by atoms with Gasteiger partial charge in [-0.1, -0.05) is 12.1 Å². The van der Waals surface area contributed by atoms with Gasteiger partial charge in [-0.2, -0.15) is 0 Å². The molecule has 1 aromatic heterocycles. The van der Waals surface area contributed by atoms with Gasteiger partial charge in [0.1, 0.15) is 0 Å². The number of nitrogens with two attached hydrogens (primary N) is 1. The van der Waals surface area contributed by atoms with Gasteiger partial charge < -0.3 is 15.0 Å². The number of benzene rings is 1. The van der Waals surface area contributed by atoms with Crippen LogP contribution in [0.3, 0.4) is 0 Å². The van der Waals surface area contributed by atoms with Crippen molar-refractivity contribution in [2.24, 2.45) is 0 Å². The van der Waals surface area contributed by atoms with Crippen molar-refractivity contribution in [1.29, 1.82) is 0 Å². The summed E-state index contributed by atoms with van der Waals surface area (Å²) < 4.78 is 7.40. The van der Waals surface area contributed by atoms with E-state index in [9.17, 15) is 0 Å². The number of nitrogen functional groups attached to an aromatic ring is 1. The van der Waals surface area contributed by atoms with E-state index in [0.29, 0.717) is 6.04 Å². The Kier molecular flexibility index (Phi) is 1.55. The number of nitrogens with zero attached hydrogens (tertiary/aromatic N) is 1. The molecule has 0 radical (unpaired) electrons. The first kappa shape index (κ1) is 7.88. The molecular formula is C11H12N2O. The molecule has 1 fully saturated rings. The molecule has 0 bridgehead atoms. The Labute approximate surface area is 82.1 Å². The molecule has 2 aromatic rings. The maximum absolute atomic E-state index is 5.96. The molecule has 1 aromatic carbocycles. The fourth-order valence-electron chi connectivity index (χ4n) is 1.94. The topological polar surface area (TPSA) is 40.2 Å². The van der Waals surface area contributed by atoms with E-state index in [-0.39, 0.29) is 0 Å². The highest BCUT2D eigenvalue weighted by atomic mass is 16.5.